The van der Waals surface area contributed by atoms with Crippen molar-refractivity contribution < 1.29 is 9.47 Å². The molecule has 1 saturated carbocycles. The number of halogens is 1. The number of pyridine rings is 1. The quantitative estimate of drug-likeness (QED) is 0.344. The number of nitrogens with one attached hydrogen (secondary N) is 1. The number of piperazine rings is 1. The van der Waals surface area contributed by atoms with Crippen molar-refractivity contribution in [2.75, 3.05) is 39.3 Å². The number of aryl methyl sites for hydroxylation is 1. The lowest BCUT2D eigenvalue weighted by atomic mass is 10.2. The van der Waals surface area contributed by atoms with Gasteiger partial charge in [0.25, 0.3) is 0 Å². The van der Waals surface area contributed by atoms with Crippen LogP contribution in [-0.4, -0.2) is 74.3 Å². The lowest BCUT2D eigenvalue weighted by Crippen LogP contribution is -2.44. The summed E-state index contributed by atoms with van der Waals surface area (Å²) in [5, 5.41) is 3.93. The molecule has 2 fully saturated rings. The molecule has 1 N–H and O–H groups in total. The highest BCUT2D eigenvalue weighted by Gasteiger charge is 2.41. The highest BCUT2D eigenvalue weighted by Crippen LogP contribution is 2.41. The highest BCUT2D eigenvalue weighted by atomic mass is 35.5. The predicted molar refractivity (Wildman–Crippen MR) is 147 cm³/mol. The van der Waals surface area contributed by atoms with Gasteiger partial charge in [-0.25, -0.2) is 9.97 Å². The van der Waals surface area contributed by atoms with Crippen molar-refractivity contribution in [2.45, 2.75) is 38.8 Å². The van der Waals surface area contributed by atoms with Gasteiger partial charge in [-0.15, -0.1) is 0 Å². The molecule has 1 aliphatic carbocycles. The van der Waals surface area contributed by atoms with Gasteiger partial charge >= 0.3 is 0 Å². The predicted octanol–water partition coefficient (Wildman–Crippen LogP) is 4.11. The summed E-state index contributed by atoms with van der Waals surface area (Å²) in [4.78, 5) is 21.0. The second kappa shape index (κ2) is 10.5. The maximum absolute atomic E-state index is 6.84. The number of aromatic nitrogens is 5. The molecule has 1 aliphatic heterocycles. The highest BCUT2D eigenvalue weighted by molar-refractivity contribution is 6.33. The topological polar surface area (TPSA) is 90.2 Å². The molecule has 3 aromatic heterocycles. The van der Waals surface area contributed by atoms with Gasteiger partial charge in [0.1, 0.15) is 30.1 Å². The third-order valence-corrected chi connectivity index (χ3v) is 7.47. The summed E-state index contributed by atoms with van der Waals surface area (Å²) in [6.45, 7) is 10.2. The Labute approximate surface area is 227 Å². The molecule has 0 radical (unpaired) electrons. The summed E-state index contributed by atoms with van der Waals surface area (Å²) < 4.78 is 14.3. The van der Waals surface area contributed by atoms with Gasteiger partial charge in [0.2, 0.25) is 5.88 Å². The summed E-state index contributed by atoms with van der Waals surface area (Å²) >= 11 is 6.84. The Balaban J connectivity index is 1.31. The maximum Gasteiger partial charge on any atom is 0.245 e. The molecule has 4 heterocycles. The van der Waals surface area contributed by atoms with Crippen molar-refractivity contribution in [3.63, 3.8) is 0 Å². The number of hydrogen-bond acceptors (Lipinski definition) is 8. The van der Waals surface area contributed by atoms with Gasteiger partial charge in [0.15, 0.2) is 11.2 Å². The van der Waals surface area contributed by atoms with Gasteiger partial charge in [-0.05, 0) is 56.5 Å². The zero-order valence-corrected chi connectivity index (χ0v) is 22.5. The van der Waals surface area contributed by atoms with Crippen LogP contribution in [0.25, 0.3) is 22.6 Å². The third kappa shape index (κ3) is 5.45. The molecule has 0 amide bonds. The molecule has 198 valence electrons. The van der Waals surface area contributed by atoms with Crippen molar-refractivity contribution in [1.29, 1.82) is 0 Å². The fourth-order valence-electron chi connectivity index (χ4n) is 4.61. The van der Waals surface area contributed by atoms with Crippen LogP contribution in [-0.2, 0) is 6.54 Å². The first-order valence-corrected chi connectivity index (χ1v) is 13.5. The summed E-state index contributed by atoms with van der Waals surface area (Å²) in [5.41, 5.74) is 3.91. The number of nitrogens with zero attached hydrogens (tertiary/aromatic N) is 6. The zero-order valence-electron chi connectivity index (χ0n) is 21.8. The molecule has 0 bridgehead atoms. The van der Waals surface area contributed by atoms with Crippen molar-refractivity contribution in [3.05, 3.63) is 59.1 Å². The van der Waals surface area contributed by atoms with Crippen LogP contribution >= 0.6 is 11.6 Å². The summed E-state index contributed by atoms with van der Waals surface area (Å²) in [6, 6.07) is 9.83. The van der Waals surface area contributed by atoms with E-state index in [2.05, 4.69) is 38.2 Å². The Morgan fingerprint density at radius 1 is 1.08 bits per heavy atom. The van der Waals surface area contributed by atoms with Gasteiger partial charge in [-0.2, -0.15) is 4.98 Å². The number of rotatable bonds is 9. The van der Waals surface area contributed by atoms with Crippen molar-refractivity contribution in [1.82, 2.24) is 34.7 Å². The zero-order chi connectivity index (χ0) is 26.1. The van der Waals surface area contributed by atoms with Crippen molar-refractivity contribution in [2.24, 2.45) is 0 Å². The van der Waals surface area contributed by atoms with Crippen LogP contribution in [0, 0.1) is 6.92 Å². The van der Waals surface area contributed by atoms with Crippen LogP contribution in [0.3, 0.4) is 0 Å². The van der Waals surface area contributed by atoms with E-state index in [-0.39, 0.29) is 5.60 Å². The van der Waals surface area contributed by atoms with Gasteiger partial charge in [0.05, 0.1) is 17.3 Å². The van der Waals surface area contributed by atoms with E-state index >= 15 is 0 Å². The molecular formula is C28H32ClN7O2. The van der Waals surface area contributed by atoms with Gasteiger partial charge in [-0.3, -0.25) is 9.88 Å². The van der Waals surface area contributed by atoms with Gasteiger partial charge in [0, 0.05) is 44.5 Å². The van der Waals surface area contributed by atoms with Crippen LogP contribution in [0.5, 0.6) is 11.6 Å². The number of fused-ring (bicyclic) bond motifs is 1. The molecule has 10 heteroatoms. The van der Waals surface area contributed by atoms with E-state index in [1.165, 1.54) is 6.33 Å². The minimum atomic E-state index is -0.189. The molecule has 4 aromatic rings. The largest absolute Gasteiger partial charge is 0.492 e. The molecule has 38 heavy (non-hydrogen) atoms. The van der Waals surface area contributed by atoms with Crippen LogP contribution in [0.2, 0.25) is 5.02 Å². The first kappa shape index (κ1) is 25.0. The Kier molecular flexibility index (Phi) is 6.90. The summed E-state index contributed by atoms with van der Waals surface area (Å²) in [6.07, 6.45) is 5.40. The molecule has 0 spiro atoms. The second-order valence-corrected chi connectivity index (χ2v) is 10.7. The van der Waals surface area contributed by atoms with E-state index in [9.17, 15) is 0 Å². The van der Waals surface area contributed by atoms with Crippen LogP contribution < -0.4 is 14.8 Å². The average Bonchev–Trinajstić information content (AvgIpc) is 3.54. The molecule has 1 saturated heterocycles. The van der Waals surface area contributed by atoms with Gasteiger partial charge in [-0.1, -0.05) is 17.7 Å². The molecule has 6 rings (SSSR count). The summed E-state index contributed by atoms with van der Waals surface area (Å²) in [7, 11) is 0. The Hall–Kier alpha value is -3.27. The molecule has 1 aromatic carbocycles. The van der Waals surface area contributed by atoms with E-state index in [1.54, 1.807) is 0 Å². The van der Waals surface area contributed by atoms with Crippen molar-refractivity contribution in [3.8, 4) is 23.0 Å². The second-order valence-electron chi connectivity index (χ2n) is 10.3. The van der Waals surface area contributed by atoms with E-state index in [1.807, 2.05) is 42.0 Å². The fraction of sp³-hybridized carbons (Fsp3) is 0.429. The number of hydrogen-bond donors (Lipinski definition) is 1. The molecule has 0 atom stereocenters. The summed E-state index contributed by atoms with van der Waals surface area (Å²) in [5.74, 6) is 1.92. The minimum Gasteiger partial charge on any atom is -0.492 e. The number of imidazole rings is 1. The Morgan fingerprint density at radius 2 is 1.92 bits per heavy atom. The lowest BCUT2D eigenvalue weighted by Gasteiger charge is -2.26. The van der Waals surface area contributed by atoms with E-state index < -0.39 is 0 Å². The first-order chi connectivity index (χ1) is 18.5. The number of benzene rings is 1. The van der Waals surface area contributed by atoms with Crippen LogP contribution in [0.1, 0.15) is 31.0 Å². The van der Waals surface area contributed by atoms with E-state index in [0.717, 1.165) is 68.1 Å². The fourth-order valence-corrected chi connectivity index (χ4v) is 4.86. The molecule has 0 unspecified atom stereocenters. The monoisotopic (exact) mass is 533 g/mol. The SMILES string of the molecule is Cc1ccc(Cn2c(-c3ccc(OCCN4CCNCC4)cc3Cl)nc3c(OC4(C)CC4)ncnc32)nc1. The standard InChI is InChI=1S/C28H32ClN7O2/c1-19-3-4-20(31-16-19)17-36-25(34-24-26(36)32-18-33-27(24)38-28(2)7-8-28)22-6-5-21(15-23(22)29)37-14-13-35-11-9-30-10-12-35/h3-6,15-16,18,30H,7-14,17H2,1-2H3. The third-order valence-electron chi connectivity index (χ3n) is 7.16. The average molecular weight is 534 g/mol. The van der Waals surface area contributed by atoms with Gasteiger partial charge < -0.3 is 19.4 Å². The molecule has 2 aliphatic rings. The normalized spacial score (nSPS) is 17.0. The lowest BCUT2D eigenvalue weighted by molar-refractivity contribution is 0.191. The first-order valence-electron chi connectivity index (χ1n) is 13.1. The molecular weight excluding hydrogens is 502 g/mol. The van der Waals surface area contributed by atoms with E-state index in [4.69, 9.17) is 26.1 Å². The Bertz CT molecular complexity index is 1430. The Morgan fingerprint density at radius 3 is 2.66 bits per heavy atom. The van der Waals surface area contributed by atoms with Crippen molar-refractivity contribution >= 4 is 22.8 Å². The number of ether oxygens (including phenoxy) is 2. The van der Waals surface area contributed by atoms with E-state index in [0.29, 0.717) is 41.0 Å². The smallest absolute Gasteiger partial charge is 0.245 e. The van der Waals surface area contributed by atoms with Crippen LogP contribution in [0.4, 0.5) is 0 Å². The minimum absolute atomic E-state index is 0.189. The maximum atomic E-state index is 6.84. The molecule has 9 nitrogen and oxygen atoms in total. The van der Waals surface area contributed by atoms with Crippen LogP contribution in [0.15, 0.2) is 42.9 Å².